The second kappa shape index (κ2) is 9.08. The number of fused-ring (bicyclic) bond motifs is 1. The molecule has 0 unspecified atom stereocenters. The molecule has 2 aliphatic rings. The predicted molar refractivity (Wildman–Crippen MR) is 124 cm³/mol. The topological polar surface area (TPSA) is 80.4 Å². The van der Waals surface area contributed by atoms with Gasteiger partial charge in [0.2, 0.25) is 5.91 Å². The van der Waals surface area contributed by atoms with Gasteiger partial charge in [0.15, 0.2) is 5.76 Å². The van der Waals surface area contributed by atoms with Crippen LogP contribution in [-0.2, 0) is 17.9 Å². The van der Waals surface area contributed by atoms with Gasteiger partial charge in [-0.25, -0.2) is 4.39 Å². The fraction of sp³-hybridized carbons (Fsp3) is 0.423. The number of nitrogens with one attached hydrogen (secondary N) is 1. The highest BCUT2D eigenvalue weighted by atomic mass is 19.1. The Morgan fingerprint density at radius 3 is 2.59 bits per heavy atom. The zero-order chi connectivity index (χ0) is 23.7. The van der Waals surface area contributed by atoms with Gasteiger partial charge in [-0.15, -0.1) is 0 Å². The molecule has 1 aliphatic heterocycles. The lowest BCUT2D eigenvalue weighted by atomic mass is 9.93. The first-order valence-electron chi connectivity index (χ1n) is 11.9. The molecule has 1 N–H and O–H groups in total. The van der Waals surface area contributed by atoms with Crippen molar-refractivity contribution in [1.29, 1.82) is 0 Å². The summed E-state index contributed by atoms with van der Waals surface area (Å²) in [5.41, 5.74) is 0.538. The molecule has 3 aromatic rings. The molecule has 1 saturated carbocycles. The number of hydrogen-bond donors (Lipinski definition) is 1. The van der Waals surface area contributed by atoms with Gasteiger partial charge in [0.25, 0.3) is 5.91 Å². The highest BCUT2D eigenvalue weighted by Crippen LogP contribution is 2.32. The highest BCUT2D eigenvalue weighted by Gasteiger charge is 2.48. The molecular weight excluding hydrogens is 435 g/mol. The fourth-order valence-electron chi connectivity index (χ4n) is 4.97. The van der Waals surface area contributed by atoms with Gasteiger partial charge in [-0.3, -0.25) is 14.3 Å². The number of halogens is 1. The average molecular weight is 465 g/mol. The third-order valence-electron chi connectivity index (χ3n) is 7.00. The number of hydrogen-bond acceptors (Lipinski definition) is 4. The summed E-state index contributed by atoms with van der Waals surface area (Å²) in [6.07, 6.45) is 8.01. The third kappa shape index (κ3) is 4.24. The summed E-state index contributed by atoms with van der Waals surface area (Å²) < 4.78 is 20.6. The molecule has 8 heteroatoms. The van der Waals surface area contributed by atoms with Crippen molar-refractivity contribution in [1.82, 2.24) is 20.0 Å². The van der Waals surface area contributed by atoms with E-state index in [1.165, 1.54) is 25.0 Å². The van der Waals surface area contributed by atoms with Crippen LogP contribution in [0, 0.1) is 5.82 Å². The van der Waals surface area contributed by atoms with E-state index in [0.717, 1.165) is 31.2 Å². The van der Waals surface area contributed by atoms with Gasteiger partial charge in [-0.1, -0.05) is 37.8 Å². The zero-order valence-electron chi connectivity index (χ0n) is 19.3. The summed E-state index contributed by atoms with van der Waals surface area (Å²) in [4.78, 5) is 29.0. The maximum Gasteiger partial charge on any atom is 0.273 e. The molecule has 1 fully saturated rings. The van der Waals surface area contributed by atoms with E-state index in [1.807, 2.05) is 0 Å². The van der Waals surface area contributed by atoms with E-state index in [2.05, 4.69) is 10.4 Å². The summed E-state index contributed by atoms with van der Waals surface area (Å²) in [5, 5.41) is 7.81. The lowest BCUT2D eigenvalue weighted by Crippen LogP contribution is -2.64. The average Bonchev–Trinajstić information content (AvgIpc) is 3.43. The van der Waals surface area contributed by atoms with E-state index in [0.29, 0.717) is 17.1 Å². The molecule has 7 nitrogen and oxygen atoms in total. The SMILES string of the molecule is C[C@]1(C(=O)NC2CCCCCC2)Cn2nc(-c3ccco3)cc2C(=O)N1Cc1ccc(F)cc1. The Kier molecular flexibility index (Phi) is 5.98. The van der Waals surface area contributed by atoms with Crippen LogP contribution in [0.2, 0.25) is 0 Å². The largest absolute Gasteiger partial charge is 0.463 e. The maximum absolute atomic E-state index is 13.7. The van der Waals surface area contributed by atoms with Gasteiger partial charge in [0, 0.05) is 18.7 Å². The van der Waals surface area contributed by atoms with Crippen molar-refractivity contribution in [3.05, 3.63) is 65.8 Å². The van der Waals surface area contributed by atoms with Crippen LogP contribution >= 0.6 is 0 Å². The smallest absolute Gasteiger partial charge is 0.273 e. The number of nitrogens with zero attached hydrogens (tertiary/aromatic N) is 3. The van der Waals surface area contributed by atoms with Crippen LogP contribution in [-0.4, -0.2) is 38.1 Å². The summed E-state index contributed by atoms with van der Waals surface area (Å²) >= 11 is 0. The zero-order valence-corrected chi connectivity index (χ0v) is 19.3. The standard InChI is InChI=1S/C26H29FN4O3/c1-26(25(33)28-20-7-4-2-3-5-8-20)17-31-22(15-21(29-31)23-9-6-14-34-23)24(32)30(26)16-18-10-12-19(27)13-11-18/h6,9-15,20H,2-5,7-8,16-17H2,1H3,(H,28,33)/t26-/m1/s1. The Labute approximate surface area is 197 Å². The Hall–Kier alpha value is -3.42. The number of benzene rings is 1. The Balaban J connectivity index is 1.49. The number of rotatable bonds is 5. The van der Waals surface area contributed by atoms with Crippen molar-refractivity contribution in [2.24, 2.45) is 0 Å². The number of carbonyl (C=O) groups is 2. The predicted octanol–water partition coefficient (Wildman–Crippen LogP) is 4.54. The van der Waals surface area contributed by atoms with Crippen molar-refractivity contribution in [2.75, 3.05) is 0 Å². The molecule has 0 saturated heterocycles. The van der Waals surface area contributed by atoms with E-state index in [4.69, 9.17) is 4.42 Å². The van der Waals surface area contributed by atoms with E-state index in [9.17, 15) is 14.0 Å². The van der Waals surface area contributed by atoms with Gasteiger partial charge in [-0.2, -0.15) is 5.10 Å². The lowest BCUT2D eigenvalue weighted by molar-refractivity contribution is -0.134. The minimum Gasteiger partial charge on any atom is -0.463 e. The van der Waals surface area contributed by atoms with Crippen molar-refractivity contribution in [3.8, 4) is 11.5 Å². The molecule has 34 heavy (non-hydrogen) atoms. The van der Waals surface area contributed by atoms with Gasteiger partial charge in [0.1, 0.15) is 22.7 Å². The molecule has 2 aromatic heterocycles. The minimum absolute atomic E-state index is 0.104. The van der Waals surface area contributed by atoms with Crippen molar-refractivity contribution >= 4 is 11.8 Å². The van der Waals surface area contributed by atoms with Gasteiger partial charge in [0.05, 0.1) is 12.8 Å². The minimum atomic E-state index is -1.16. The van der Waals surface area contributed by atoms with E-state index in [-0.39, 0.29) is 36.8 Å². The summed E-state index contributed by atoms with van der Waals surface area (Å²) in [5.74, 6) is -0.261. The molecule has 178 valence electrons. The van der Waals surface area contributed by atoms with Crippen LogP contribution in [0.5, 0.6) is 0 Å². The molecular formula is C26H29FN4O3. The first-order valence-corrected chi connectivity index (χ1v) is 11.9. The quantitative estimate of drug-likeness (QED) is 0.563. The molecule has 0 spiro atoms. The molecule has 1 aromatic carbocycles. The van der Waals surface area contributed by atoms with E-state index >= 15 is 0 Å². The van der Waals surface area contributed by atoms with Gasteiger partial charge < -0.3 is 14.6 Å². The molecule has 3 heterocycles. The van der Waals surface area contributed by atoms with Gasteiger partial charge >= 0.3 is 0 Å². The summed E-state index contributed by atoms with van der Waals surface area (Å²) in [7, 11) is 0. The first kappa shape index (κ1) is 22.4. The van der Waals surface area contributed by atoms with Gasteiger partial charge in [-0.05, 0) is 49.6 Å². The van der Waals surface area contributed by atoms with Crippen LogP contribution in [0.25, 0.3) is 11.5 Å². The first-order chi connectivity index (χ1) is 16.4. The van der Waals surface area contributed by atoms with Crippen molar-refractivity contribution in [2.45, 2.75) is 70.1 Å². The van der Waals surface area contributed by atoms with Crippen molar-refractivity contribution < 1.29 is 18.4 Å². The number of furan rings is 1. The Morgan fingerprint density at radius 2 is 1.91 bits per heavy atom. The molecule has 5 rings (SSSR count). The Bertz CT molecular complexity index is 1160. The molecule has 1 atom stereocenters. The second-order valence-corrected chi connectivity index (χ2v) is 9.50. The van der Waals surface area contributed by atoms with Crippen LogP contribution in [0.1, 0.15) is 61.5 Å². The molecule has 0 bridgehead atoms. The third-order valence-corrected chi connectivity index (χ3v) is 7.00. The summed E-state index contributed by atoms with van der Waals surface area (Å²) in [6, 6.07) is 11.4. The maximum atomic E-state index is 13.7. The van der Waals surface area contributed by atoms with Crippen LogP contribution in [0.15, 0.2) is 53.1 Å². The lowest BCUT2D eigenvalue weighted by Gasteiger charge is -2.44. The second-order valence-electron chi connectivity index (χ2n) is 9.50. The van der Waals surface area contributed by atoms with Crippen LogP contribution in [0.3, 0.4) is 0 Å². The number of carbonyl (C=O) groups excluding carboxylic acids is 2. The van der Waals surface area contributed by atoms with E-state index in [1.54, 1.807) is 53.1 Å². The molecule has 1 aliphatic carbocycles. The van der Waals surface area contributed by atoms with Crippen LogP contribution < -0.4 is 5.32 Å². The monoisotopic (exact) mass is 464 g/mol. The molecule has 2 amide bonds. The van der Waals surface area contributed by atoms with Crippen molar-refractivity contribution in [3.63, 3.8) is 0 Å². The number of amides is 2. The normalized spacial score (nSPS) is 21.2. The van der Waals surface area contributed by atoms with Crippen LogP contribution in [0.4, 0.5) is 4.39 Å². The number of aromatic nitrogens is 2. The molecule has 0 radical (unpaired) electrons. The fourth-order valence-corrected chi connectivity index (χ4v) is 4.97. The highest BCUT2D eigenvalue weighted by molar-refractivity contribution is 6.00. The van der Waals surface area contributed by atoms with E-state index < -0.39 is 5.54 Å². The summed E-state index contributed by atoms with van der Waals surface area (Å²) in [6.45, 7) is 2.20. The Morgan fingerprint density at radius 1 is 1.18 bits per heavy atom.